The van der Waals surface area contributed by atoms with Crippen molar-refractivity contribution in [2.45, 2.75) is 83.7 Å². The first-order valence-corrected chi connectivity index (χ1v) is 17.0. The van der Waals surface area contributed by atoms with Gasteiger partial charge >= 0.3 is 0 Å². The minimum absolute atomic E-state index is 0.120. The number of likely N-dealkylation sites (tertiary alicyclic amines) is 2. The highest BCUT2D eigenvalue weighted by Gasteiger charge is 2.57. The first kappa shape index (κ1) is 31.8. The Morgan fingerprint density at radius 1 is 1.12 bits per heavy atom. The fourth-order valence-electron chi connectivity index (χ4n) is 7.18. The predicted octanol–water partition coefficient (Wildman–Crippen LogP) is 5.15. The predicted molar refractivity (Wildman–Crippen MR) is 176 cm³/mol. The fourth-order valence-corrected chi connectivity index (χ4v) is 7.18. The van der Waals surface area contributed by atoms with E-state index in [1.807, 2.05) is 34.8 Å². The molecule has 2 aliphatic carbocycles. The van der Waals surface area contributed by atoms with Crippen LogP contribution in [0.25, 0.3) is 0 Å². The van der Waals surface area contributed by atoms with E-state index >= 15 is 0 Å². The summed E-state index contributed by atoms with van der Waals surface area (Å²) in [6, 6.07) is 11.3. The summed E-state index contributed by atoms with van der Waals surface area (Å²) < 4.78 is 9.36. The van der Waals surface area contributed by atoms with Crippen LogP contribution in [0.4, 0.5) is 0 Å². The second kappa shape index (κ2) is 12.7. The molecule has 2 aliphatic heterocycles. The SMILES string of the molecule is CC(c1nc(C2CN(C(=O)c3cnn(Cc4ccc(C#N)cc4)c3)CC23CN(C=O)C3)no1)n1ccc(C2CCCC2)n1.CC1(C)CC1. The highest BCUT2D eigenvalue weighted by molar-refractivity contribution is 5.94. The summed E-state index contributed by atoms with van der Waals surface area (Å²) in [6.45, 7) is 9.06. The molecule has 5 heterocycles. The van der Waals surface area contributed by atoms with E-state index in [2.05, 4.69) is 36.2 Å². The van der Waals surface area contributed by atoms with Gasteiger partial charge in [-0.05, 0) is 61.8 Å². The third-order valence-electron chi connectivity index (χ3n) is 10.6. The maximum Gasteiger partial charge on any atom is 0.257 e. The molecule has 12 heteroatoms. The van der Waals surface area contributed by atoms with E-state index in [1.54, 1.807) is 34.1 Å². The van der Waals surface area contributed by atoms with Crippen LogP contribution >= 0.6 is 0 Å². The quantitative estimate of drug-likeness (QED) is 0.239. The van der Waals surface area contributed by atoms with Crippen LogP contribution < -0.4 is 0 Å². The molecule has 1 aromatic carbocycles. The van der Waals surface area contributed by atoms with Gasteiger partial charge in [0.1, 0.15) is 6.04 Å². The second-order valence-electron chi connectivity index (χ2n) is 14.9. The molecular weight excluding hydrogens is 606 g/mol. The molecule has 2 unspecified atom stereocenters. The molecule has 2 amide bonds. The van der Waals surface area contributed by atoms with Crippen LogP contribution in [0.5, 0.6) is 0 Å². The van der Waals surface area contributed by atoms with Crippen molar-refractivity contribution in [3.05, 3.63) is 83.0 Å². The number of nitrogens with zero attached hydrogens (tertiary/aromatic N) is 9. The number of carbonyl (C=O) groups excluding carboxylic acids is 2. The second-order valence-corrected chi connectivity index (χ2v) is 14.9. The molecule has 12 nitrogen and oxygen atoms in total. The van der Waals surface area contributed by atoms with E-state index in [-0.39, 0.29) is 23.3 Å². The molecule has 3 aromatic heterocycles. The monoisotopic (exact) mass is 649 g/mol. The Labute approximate surface area is 280 Å². The van der Waals surface area contributed by atoms with E-state index in [0.29, 0.717) is 61.5 Å². The lowest BCUT2D eigenvalue weighted by molar-refractivity contribution is -0.129. The van der Waals surface area contributed by atoms with Crippen LogP contribution in [0.2, 0.25) is 0 Å². The van der Waals surface area contributed by atoms with Gasteiger partial charge in [-0.1, -0.05) is 44.0 Å². The molecule has 250 valence electrons. The van der Waals surface area contributed by atoms with E-state index in [9.17, 15) is 9.59 Å². The average molecular weight is 650 g/mol. The number of amides is 2. The van der Waals surface area contributed by atoms with Crippen molar-refractivity contribution in [1.82, 2.24) is 39.5 Å². The largest absolute Gasteiger partial charge is 0.344 e. The number of rotatable bonds is 8. The number of benzene rings is 1. The van der Waals surface area contributed by atoms with Gasteiger partial charge in [0, 0.05) is 49.9 Å². The molecule has 0 N–H and O–H groups in total. The molecule has 4 aliphatic rings. The molecule has 4 aromatic rings. The summed E-state index contributed by atoms with van der Waals surface area (Å²) >= 11 is 0. The third kappa shape index (κ3) is 6.50. The Morgan fingerprint density at radius 2 is 1.85 bits per heavy atom. The minimum atomic E-state index is -0.333. The first-order chi connectivity index (χ1) is 23.1. The average Bonchev–Trinajstić information content (AvgIpc) is 3.79. The first-order valence-electron chi connectivity index (χ1n) is 17.0. The van der Waals surface area contributed by atoms with Crippen LogP contribution in [0.3, 0.4) is 0 Å². The van der Waals surface area contributed by atoms with E-state index in [1.165, 1.54) is 38.5 Å². The molecule has 1 spiro atoms. The fraction of sp³-hybridized carbons (Fsp3) is 0.528. The van der Waals surface area contributed by atoms with Gasteiger partial charge in [-0.25, -0.2) is 0 Å². The van der Waals surface area contributed by atoms with Gasteiger partial charge < -0.3 is 14.3 Å². The van der Waals surface area contributed by atoms with E-state index < -0.39 is 0 Å². The number of aromatic nitrogens is 6. The topological polar surface area (TPSA) is 139 Å². The third-order valence-corrected chi connectivity index (χ3v) is 10.6. The van der Waals surface area contributed by atoms with Crippen LogP contribution in [-0.4, -0.2) is 78.0 Å². The summed E-state index contributed by atoms with van der Waals surface area (Å²) in [5.41, 5.74) is 3.61. The Bertz CT molecular complexity index is 1800. The van der Waals surface area contributed by atoms with Gasteiger partial charge in [0.2, 0.25) is 6.41 Å². The zero-order valence-corrected chi connectivity index (χ0v) is 28.0. The Hall–Kier alpha value is -4.79. The number of carbonyl (C=O) groups is 2. The van der Waals surface area contributed by atoms with Crippen LogP contribution in [0.1, 0.15) is 116 Å². The maximum atomic E-state index is 13.6. The Balaban J connectivity index is 0.000000669. The van der Waals surface area contributed by atoms with Gasteiger partial charge in [0.05, 0.1) is 41.5 Å². The lowest BCUT2D eigenvalue weighted by atomic mass is 9.71. The van der Waals surface area contributed by atoms with Crippen molar-refractivity contribution < 1.29 is 14.1 Å². The highest BCUT2D eigenvalue weighted by Crippen LogP contribution is 2.48. The standard InChI is InChI=1S/C31H33N9O3.C5H10/c1-21(40-11-10-27(35-40)24-4-2-3-5-24)29-34-28(36-43-29)26-16-38(19-31(26)17-37(18-31)20-41)30(42)25-13-33-39(15-25)14-23-8-6-22(12-32)7-9-23;1-5(2)3-4-5/h6-11,13,15,20-21,24,26H,2-5,14,16-19H2,1H3;3-4H2,1-2H3. The zero-order chi connectivity index (χ0) is 33.5. The van der Waals surface area contributed by atoms with Crippen LogP contribution in [0, 0.1) is 22.2 Å². The summed E-state index contributed by atoms with van der Waals surface area (Å²) in [5.74, 6) is 1.27. The van der Waals surface area contributed by atoms with Crippen LogP contribution in [-0.2, 0) is 11.3 Å². The van der Waals surface area contributed by atoms with Crippen LogP contribution in [0.15, 0.2) is 53.4 Å². The van der Waals surface area contributed by atoms with Gasteiger partial charge in [-0.3, -0.25) is 19.0 Å². The Morgan fingerprint density at radius 3 is 2.52 bits per heavy atom. The molecule has 2 saturated carbocycles. The Kier molecular flexibility index (Phi) is 8.39. The molecule has 48 heavy (non-hydrogen) atoms. The van der Waals surface area contributed by atoms with Crippen molar-refractivity contribution in [3.8, 4) is 6.07 Å². The van der Waals surface area contributed by atoms with Crippen molar-refractivity contribution in [3.63, 3.8) is 0 Å². The van der Waals surface area contributed by atoms with Crippen molar-refractivity contribution in [1.29, 1.82) is 5.26 Å². The van der Waals surface area contributed by atoms with E-state index in [4.69, 9.17) is 19.9 Å². The van der Waals surface area contributed by atoms with E-state index in [0.717, 1.165) is 23.1 Å². The number of hydrogen-bond acceptors (Lipinski definition) is 8. The van der Waals surface area contributed by atoms with Gasteiger partial charge in [-0.15, -0.1) is 0 Å². The van der Waals surface area contributed by atoms with Crippen molar-refractivity contribution >= 4 is 12.3 Å². The molecule has 4 fully saturated rings. The summed E-state index contributed by atoms with van der Waals surface area (Å²) in [6.07, 6.45) is 13.9. The molecule has 2 atom stereocenters. The molecular formula is C36H43N9O3. The van der Waals surface area contributed by atoms with Crippen molar-refractivity contribution in [2.75, 3.05) is 26.2 Å². The summed E-state index contributed by atoms with van der Waals surface area (Å²) in [7, 11) is 0. The molecule has 2 saturated heterocycles. The summed E-state index contributed by atoms with van der Waals surface area (Å²) in [5, 5.41) is 22.6. The van der Waals surface area contributed by atoms with Gasteiger partial charge in [0.25, 0.3) is 11.8 Å². The van der Waals surface area contributed by atoms with Gasteiger partial charge in [-0.2, -0.15) is 20.4 Å². The van der Waals surface area contributed by atoms with Gasteiger partial charge in [0.15, 0.2) is 5.82 Å². The highest BCUT2D eigenvalue weighted by atomic mass is 16.5. The number of hydrogen-bond donors (Lipinski definition) is 0. The molecule has 8 rings (SSSR count). The minimum Gasteiger partial charge on any atom is -0.344 e. The smallest absolute Gasteiger partial charge is 0.257 e. The zero-order valence-electron chi connectivity index (χ0n) is 28.0. The number of nitriles is 1. The lowest BCUT2D eigenvalue weighted by Crippen LogP contribution is -2.59. The maximum absolute atomic E-state index is 13.6. The van der Waals surface area contributed by atoms with Crippen molar-refractivity contribution in [2.24, 2.45) is 10.8 Å². The normalized spacial score (nSPS) is 21.3. The summed E-state index contributed by atoms with van der Waals surface area (Å²) in [4.78, 5) is 33.5. The molecule has 0 bridgehead atoms. The molecule has 0 radical (unpaired) electrons. The lowest BCUT2D eigenvalue weighted by Gasteiger charge is -2.48.